The lowest BCUT2D eigenvalue weighted by atomic mass is 10.1. The van der Waals surface area contributed by atoms with E-state index in [2.05, 4.69) is 33.9 Å². The number of rotatable bonds is 8. The summed E-state index contributed by atoms with van der Waals surface area (Å²) >= 11 is 1.79. The van der Waals surface area contributed by atoms with Crippen molar-refractivity contribution in [2.45, 2.75) is 19.9 Å². The number of benzene rings is 1. The SMILES string of the molecule is Cc1cc(CNCCc2cccs2)ccc1Oc1ccc(C(N)=O)nc1. The van der Waals surface area contributed by atoms with Crippen LogP contribution < -0.4 is 15.8 Å². The quantitative estimate of drug-likeness (QED) is 0.596. The van der Waals surface area contributed by atoms with Crippen LogP contribution >= 0.6 is 11.3 Å². The molecule has 0 saturated heterocycles. The molecule has 2 aromatic heterocycles. The Morgan fingerprint density at radius 1 is 1.27 bits per heavy atom. The lowest BCUT2D eigenvalue weighted by Gasteiger charge is -2.11. The summed E-state index contributed by atoms with van der Waals surface area (Å²) in [5, 5.41) is 5.57. The number of hydrogen-bond donors (Lipinski definition) is 2. The van der Waals surface area contributed by atoms with Crippen LogP contribution in [-0.4, -0.2) is 17.4 Å². The van der Waals surface area contributed by atoms with Crippen molar-refractivity contribution < 1.29 is 9.53 Å². The van der Waals surface area contributed by atoms with Crippen molar-refractivity contribution >= 4 is 17.2 Å². The minimum Gasteiger partial charge on any atom is -0.455 e. The van der Waals surface area contributed by atoms with Crippen molar-refractivity contribution in [2.24, 2.45) is 5.73 Å². The summed E-state index contributed by atoms with van der Waals surface area (Å²) in [6.07, 6.45) is 2.55. The molecule has 0 atom stereocenters. The Hall–Kier alpha value is -2.70. The first-order valence-electron chi connectivity index (χ1n) is 8.38. The van der Waals surface area contributed by atoms with Gasteiger partial charge in [0.05, 0.1) is 6.20 Å². The molecule has 1 amide bonds. The van der Waals surface area contributed by atoms with E-state index >= 15 is 0 Å². The molecule has 0 fully saturated rings. The molecule has 0 unspecified atom stereocenters. The van der Waals surface area contributed by atoms with E-state index in [-0.39, 0.29) is 5.69 Å². The van der Waals surface area contributed by atoms with Gasteiger partial charge in [-0.25, -0.2) is 4.98 Å². The number of aryl methyl sites for hydroxylation is 1. The summed E-state index contributed by atoms with van der Waals surface area (Å²) in [6.45, 7) is 3.78. The normalized spacial score (nSPS) is 10.7. The summed E-state index contributed by atoms with van der Waals surface area (Å²) in [5.74, 6) is 0.782. The van der Waals surface area contributed by atoms with Gasteiger partial charge in [-0.05, 0) is 54.1 Å². The number of nitrogens with one attached hydrogen (secondary N) is 1. The average molecular weight is 367 g/mol. The molecule has 0 aliphatic heterocycles. The van der Waals surface area contributed by atoms with Crippen LogP contribution in [0.1, 0.15) is 26.5 Å². The number of nitrogens with zero attached hydrogens (tertiary/aromatic N) is 1. The number of carbonyl (C=O) groups is 1. The molecule has 0 saturated carbocycles. The van der Waals surface area contributed by atoms with E-state index in [9.17, 15) is 4.79 Å². The second-order valence-corrected chi connectivity index (χ2v) is 6.98. The topological polar surface area (TPSA) is 77.2 Å². The van der Waals surface area contributed by atoms with E-state index in [1.165, 1.54) is 16.6 Å². The van der Waals surface area contributed by atoms with E-state index in [1.807, 2.05) is 19.1 Å². The highest BCUT2D eigenvalue weighted by atomic mass is 32.1. The lowest BCUT2D eigenvalue weighted by molar-refractivity contribution is 0.0995. The van der Waals surface area contributed by atoms with Crippen LogP contribution in [0.5, 0.6) is 11.5 Å². The van der Waals surface area contributed by atoms with Gasteiger partial charge in [-0.2, -0.15) is 0 Å². The molecule has 0 radical (unpaired) electrons. The van der Waals surface area contributed by atoms with Gasteiger partial charge in [0, 0.05) is 18.0 Å². The fraction of sp³-hybridized carbons (Fsp3) is 0.200. The van der Waals surface area contributed by atoms with Gasteiger partial charge in [0.25, 0.3) is 5.91 Å². The van der Waals surface area contributed by atoms with Gasteiger partial charge in [0.1, 0.15) is 17.2 Å². The summed E-state index contributed by atoms with van der Waals surface area (Å²) in [6, 6.07) is 13.6. The molecule has 0 spiro atoms. The molecule has 0 aliphatic rings. The lowest BCUT2D eigenvalue weighted by Crippen LogP contribution is -2.16. The molecule has 5 nitrogen and oxygen atoms in total. The summed E-state index contributed by atoms with van der Waals surface area (Å²) in [5.41, 5.74) is 7.66. The van der Waals surface area contributed by atoms with Crippen LogP contribution in [0.3, 0.4) is 0 Å². The smallest absolute Gasteiger partial charge is 0.267 e. The first-order valence-corrected chi connectivity index (χ1v) is 9.26. The molecule has 0 bridgehead atoms. The second-order valence-electron chi connectivity index (χ2n) is 5.95. The van der Waals surface area contributed by atoms with Gasteiger partial charge >= 0.3 is 0 Å². The largest absolute Gasteiger partial charge is 0.455 e. The molecule has 1 aromatic carbocycles. The number of thiophene rings is 1. The zero-order valence-electron chi connectivity index (χ0n) is 14.6. The number of primary amides is 1. The second kappa shape index (κ2) is 8.60. The van der Waals surface area contributed by atoms with Crippen molar-refractivity contribution in [1.82, 2.24) is 10.3 Å². The Balaban J connectivity index is 1.54. The van der Waals surface area contributed by atoms with Gasteiger partial charge in [0.2, 0.25) is 0 Å². The third kappa shape index (κ3) is 4.91. The Labute approximate surface area is 156 Å². The molecule has 6 heteroatoms. The van der Waals surface area contributed by atoms with E-state index in [1.54, 1.807) is 23.5 Å². The Kier molecular flexibility index (Phi) is 5.99. The van der Waals surface area contributed by atoms with Crippen molar-refractivity contribution in [3.8, 4) is 11.5 Å². The number of aromatic nitrogens is 1. The van der Waals surface area contributed by atoms with E-state index in [0.717, 1.165) is 30.8 Å². The minimum atomic E-state index is -0.552. The van der Waals surface area contributed by atoms with Crippen molar-refractivity contribution in [1.29, 1.82) is 0 Å². The van der Waals surface area contributed by atoms with Gasteiger partial charge in [-0.1, -0.05) is 18.2 Å². The zero-order valence-corrected chi connectivity index (χ0v) is 15.4. The highest BCUT2D eigenvalue weighted by molar-refractivity contribution is 7.09. The third-order valence-electron chi connectivity index (χ3n) is 3.91. The summed E-state index contributed by atoms with van der Waals surface area (Å²) in [4.78, 5) is 16.4. The number of carbonyl (C=O) groups excluding carboxylic acids is 1. The van der Waals surface area contributed by atoms with Gasteiger partial charge in [-0.15, -0.1) is 11.3 Å². The van der Waals surface area contributed by atoms with Crippen LogP contribution in [0.15, 0.2) is 54.0 Å². The number of nitrogens with two attached hydrogens (primary N) is 1. The highest BCUT2D eigenvalue weighted by Gasteiger charge is 2.06. The standard InChI is InChI=1S/C20H21N3O2S/c1-14-11-15(12-22-9-8-17-3-2-10-26-17)4-7-19(14)25-16-5-6-18(20(21)24)23-13-16/h2-7,10-11,13,22H,8-9,12H2,1H3,(H2,21,24). The van der Waals surface area contributed by atoms with Gasteiger partial charge in [0.15, 0.2) is 0 Å². The summed E-state index contributed by atoms with van der Waals surface area (Å²) < 4.78 is 5.84. The Morgan fingerprint density at radius 2 is 2.15 bits per heavy atom. The maximum absolute atomic E-state index is 11.1. The molecule has 3 rings (SSSR count). The molecule has 2 heterocycles. The molecule has 0 aliphatic carbocycles. The first kappa shape index (κ1) is 18.1. The van der Waals surface area contributed by atoms with Crippen molar-refractivity contribution in [3.05, 3.63) is 75.7 Å². The predicted molar refractivity (Wildman–Crippen MR) is 104 cm³/mol. The molecule has 3 N–H and O–H groups in total. The monoisotopic (exact) mass is 367 g/mol. The first-order chi connectivity index (χ1) is 12.6. The number of pyridine rings is 1. The van der Waals surface area contributed by atoms with E-state index in [0.29, 0.717) is 5.75 Å². The summed E-state index contributed by atoms with van der Waals surface area (Å²) in [7, 11) is 0. The van der Waals surface area contributed by atoms with E-state index in [4.69, 9.17) is 10.5 Å². The van der Waals surface area contributed by atoms with Crippen LogP contribution in [0, 0.1) is 6.92 Å². The molecular formula is C20H21N3O2S. The minimum absolute atomic E-state index is 0.220. The zero-order chi connectivity index (χ0) is 18.4. The van der Waals surface area contributed by atoms with Crippen LogP contribution in [0.2, 0.25) is 0 Å². The van der Waals surface area contributed by atoms with Crippen LogP contribution in [-0.2, 0) is 13.0 Å². The fourth-order valence-corrected chi connectivity index (χ4v) is 3.26. The average Bonchev–Trinajstić information content (AvgIpc) is 3.15. The predicted octanol–water partition coefficient (Wildman–Crippen LogP) is 3.68. The number of hydrogen-bond acceptors (Lipinski definition) is 5. The molecule has 26 heavy (non-hydrogen) atoms. The van der Waals surface area contributed by atoms with Crippen molar-refractivity contribution in [2.75, 3.05) is 6.54 Å². The maximum atomic E-state index is 11.1. The molecular weight excluding hydrogens is 346 g/mol. The number of ether oxygens (including phenoxy) is 1. The van der Waals surface area contributed by atoms with Crippen LogP contribution in [0.25, 0.3) is 0 Å². The molecule has 134 valence electrons. The number of amides is 1. The fourth-order valence-electron chi connectivity index (χ4n) is 2.55. The van der Waals surface area contributed by atoms with Gasteiger partial charge in [-0.3, -0.25) is 4.79 Å². The Morgan fingerprint density at radius 3 is 2.81 bits per heavy atom. The Bertz CT molecular complexity index is 861. The highest BCUT2D eigenvalue weighted by Crippen LogP contribution is 2.25. The van der Waals surface area contributed by atoms with Gasteiger partial charge < -0.3 is 15.8 Å². The third-order valence-corrected chi connectivity index (χ3v) is 4.85. The molecule has 3 aromatic rings. The maximum Gasteiger partial charge on any atom is 0.267 e. The van der Waals surface area contributed by atoms with Crippen molar-refractivity contribution in [3.63, 3.8) is 0 Å². The van der Waals surface area contributed by atoms with Crippen LogP contribution in [0.4, 0.5) is 0 Å². The van der Waals surface area contributed by atoms with E-state index < -0.39 is 5.91 Å².